The molecule has 0 saturated heterocycles. The van der Waals surface area contributed by atoms with Gasteiger partial charge in [0.05, 0.1) is 25.0 Å². The quantitative estimate of drug-likeness (QED) is 0.668. The van der Waals surface area contributed by atoms with Crippen molar-refractivity contribution in [1.29, 1.82) is 0 Å². The zero-order valence-electron chi connectivity index (χ0n) is 14.6. The number of benzene rings is 2. The Labute approximate surface area is 167 Å². The van der Waals surface area contributed by atoms with Crippen molar-refractivity contribution >= 4 is 40.9 Å². The molecule has 26 heavy (non-hydrogen) atoms. The number of fused-ring (bicyclic) bond motifs is 1. The Morgan fingerprint density at radius 2 is 1.81 bits per heavy atom. The second kappa shape index (κ2) is 8.42. The van der Waals surface area contributed by atoms with Crippen molar-refractivity contribution in [3.05, 3.63) is 51.5 Å². The summed E-state index contributed by atoms with van der Waals surface area (Å²) in [5.41, 5.74) is 2.28. The second-order valence-corrected chi connectivity index (χ2v) is 7.77. The summed E-state index contributed by atoms with van der Waals surface area (Å²) in [6, 6.07) is 9.21. The van der Waals surface area contributed by atoms with Crippen molar-refractivity contribution in [3.63, 3.8) is 0 Å². The highest BCUT2D eigenvalue weighted by Crippen LogP contribution is 2.34. The van der Waals surface area contributed by atoms with E-state index in [0.29, 0.717) is 34.6 Å². The van der Waals surface area contributed by atoms with Gasteiger partial charge in [-0.25, -0.2) is 0 Å². The molecule has 1 heterocycles. The summed E-state index contributed by atoms with van der Waals surface area (Å²) in [6.07, 6.45) is 0.796. The molecule has 7 heteroatoms. The van der Waals surface area contributed by atoms with Gasteiger partial charge < -0.3 is 14.4 Å². The topological polar surface area (TPSA) is 38.8 Å². The number of carbonyl (C=O) groups excluding carboxylic acids is 1. The molecule has 0 bridgehead atoms. The molecule has 0 aromatic heterocycles. The van der Waals surface area contributed by atoms with Gasteiger partial charge in [0.1, 0.15) is 0 Å². The van der Waals surface area contributed by atoms with Crippen LogP contribution < -0.4 is 9.47 Å². The predicted molar refractivity (Wildman–Crippen MR) is 106 cm³/mol. The van der Waals surface area contributed by atoms with Crippen molar-refractivity contribution in [2.24, 2.45) is 0 Å². The lowest BCUT2D eigenvalue weighted by molar-refractivity contribution is -0.129. The number of carbonyl (C=O) groups is 1. The number of ether oxygens (including phenoxy) is 2. The van der Waals surface area contributed by atoms with E-state index in [2.05, 4.69) is 0 Å². The van der Waals surface area contributed by atoms with E-state index in [1.54, 1.807) is 32.4 Å². The molecule has 0 saturated carbocycles. The first-order valence-corrected chi connectivity index (χ1v) is 9.85. The fraction of sp³-hybridized carbons (Fsp3) is 0.316. The first-order chi connectivity index (χ1) is 12.5. The van der Waals surface area contributed by atoms with E-state index < -0.39 is 0 Å². The molecule has 0 radical (unpaired) electrons. The zero-order chi connectivity index (χ0) is 18.7. The number of rotatable bonds is 5. The minimum Gasteiger partial charge on any atom is -0.493 e. The lowest BCUT2D eigenvalue weighted by atomic mass is 9.99. The molecule has 2 aromatic carbocycles. The Morgan fingerprint density at radius 3 is 2.50 bits per heavy atom. The van der Waals surface area contributed by atoms with E-state index in [4.69, 9.17) is 32.7 Å². The monoisotopic (exact) mass is 411 g/mol. The molecule has 0 aliphatic carbocycles. The van der Waals surface area contributed by atoms with Crippen molar-refractivity contribution < 1.29 is 14.3 Å². The smallest absolute Gasteiger partial charge is 0.233 e. The molecular formula is C19H19Cl2NO3S. The summed E-state index contributed by atoms with van der Waals surface area (Å²) in [6.45, 7) is 1.25. The van der Waals surface area contributed by atoms with Crippen LogP contribution in [0.3, 0.4) is 0 Å². The van der Waals surface area contributed by atoms with Gasteiger partial charge in [-0.3, -0.25) is 4.79 Å². The highest BCUT2D eigenvalue weighted by Gasteiger charge is 2.23. The van der Waals surface area contributed by atoms with Crippen LogP contribution in [0.15, 0.2) is 35.2 Å². The average molecular weight is 412 g/mol. The summed E-state index contributed by atoms with van der Waals surface area (Å²) < 4.78 is 10.7. The molecule has 1 aliphatic rings. The maximum atomic E-state index is 12.6. The van der Waals surface area contributed by atoms with Crippen LogP contribution in [-0.4, -0.2) is 37.3 Å². The Balaban J connectivity index is 1.68. The number of methoxy groups -OCH3 is 2. The lowest BCUT2D eigenvalue weighted by Crippen LogP contribution is -2.37. The van der Waals surface area contributed by atoms with Gasteiger partial charge in [-0.2, -0.15) is 0 Å². The summed E-state index contributed by atoms with van der Waals surface area (Å²) in [4.78, 5) is 15.3. The van der Waals surface area contributed by atoms with Crippen molar-refractivity contribution in [2.75, 3.05) is 26.5 Å². The molecular weight excluding hydrogens is 393 g/mol. The Bertz CT molecular complexity index is 829. The third-order valence-corrected chi connectivity index (χ3v) is 6.03. The fourth-order valence-corrected chi connectivity index (χ4v) is 4.31. The van der Waals surface area contributed by atoms with Crippen LogP contribution in [-0.2, 0) is 17.8 Å². The summed E-state index contributed by atoms with van der Waals surface area (Å²) in [5, 5.41) is 1.21. The molecule has 3 rings (SSSR count). The van der Waals surface area contributed by atoms with E-state index in [0.717, 1.165) is 22.6 Å². The molecule has 0 fully saturated rings. The van der Waals surface area contributed by atoms with Crippen molar-refractivity contribution in [2.45, 2.75) is 17.9 Å². The van der Waals surface area contributed by atoms with Gasteiger partial charge in [0.2, 0.25) is 5.91 Å². The molecule has 1 aliphatic heterocycles. The maximum Gasteiger partial charge on any atom is 0.233 e. The van der Waals surface area contributed by atoms with E-state index in [9.17, 15) is 4.79 Å². The molecule has 1 amide bonds. The Hall–Kier alpha value is -1.56. The number of nitrogens with zero attached hydrogens (tertiary/aromatic N) is 1. The van der Waals surface area contributed by atoms with Crippen LogP contribution in [0.5, 0.6) is 11.5 Å². The first-order valence-electron chi connectivity index (χ1n) is 8.11. The molecule has 138 valence electrons. The molecule has 0 atom stereocenters. The average Bonchev–Trinajstić information content (AvgIpc) is 2.66. The fourth-order valence-electron chi connectivity index (χ4n) is 2.91. The van der Waals surface area contributed by atoms with Crippen LogP contribution in [0, 0.1) is 0 Å². The van der Waals surface area contributed by atoms with Crippen LogP contribution in [0.2, 0.25) is 10.0 Å². The third-order valence-electron chi connectivity index (χ3n) is 4.32. The number of hydrogen-bond acceptors (Lipinski definition) is 4. The van der Waals surface area contributed by atoms with Gasteiger partial charge >= 0.3 is 0 Å². The van der Waals surface area contributed by atoms with Gasteiger partial charge in [0.15, 0.2) is 11.5 Å². The lowest BCUT2D eigenvalue weighted by Gasteiger charge is -2.29. The molecule has 4 nitrogen and oxygen atoms in total. The Kier molecular flexibility index (Phi) is 6.22. The van der Waals surface area contributed by atoms with Crippen molar-refractivity contribution in [3.8, 4) is 11.5 Å². The molecule has 0 unspecified atom stereocenters. The van der Waals surface area contributed by atoms with E-state index in [1.807, 2.05) is 17.0 Å². The highest BCUT2D eigenvalue weighted by molar-refractivity contribution is 8.00. The molecule has 0 spiro atoms. The molecule has 0 N–H and O–H groups in total. The second-order valence-electron chi connectivity index (χ2n) is 5.90. The van der Waals surface area contributed by atoms with E-state index in [-0.39, 0.29) is 5.91 Å². The number of halogens is 2. The predicted octanol–water partition coefficient (Wildman–Crippen LogP) is 4.69. The van der Waals surface area contributed by atoms with Gasteiger partial charge in [0.25, 0.3) is 0 Å². The van der Waals surface area contributed by atoms with Gasteiger partial charge in [-0.15, -0.1) is 11.8 Å². The van der Waals surface area contributed by atoms with Gasteiger partial charge in [-0.1, -0.05) is 23.2 Å². The van der Waals surface area contributed by atoms with Crippen LogP contribution >= 0.6 is 35.0 Å². The third kappa shape index (κ3) is 4.22. The summed E-state index contributed by atoms with van der Waals surface area (Å²) >= 11 is 13.6. The number of hydrogen-bond donors (Lipinski definition) is 0. The van der Waals surface area contributed by atoms with Gasteiger partial charge in [0, 0.05) is 23.0 Å². The van der Waals surface area contributed by atoms with Crippen LogP contribution in [0.4, 0.5) is 0 Å². The first kappa shape index (κ1) is 19.2. The van der Waals surface area contributed by atoms with E-state index >= 15 is 0 Å². The zero-order valence-corrected chi connectivity index (χ0v) is 16.9. The maximum absolute atomic E-state index is 12.6. The number of amides is 1. The SMILES string of the molecule is COc1cc2c(cc1OC)CN(C(=O)CSc1cc(Cl)ccc1Cl)CC2. The Morgan fingerprint density at radius 1 is 1.12 bits per heavy atom. The van der Waals surface area contributed by atoms with Crippen LogP contribution in [0.1, 0.15) is 11.1 Å². The summed E-state index contributed by atoms with van der Waals surface area (Å²) in [5.74, 6) is 1.80. The number of thioether (sulfide) groups is 1. The van der Waals surface area contributed by atoms with Crippen LogP contribution in [0.25, 0.3) is 0 Å². The minimum absolute atomic E-state index is 0.0754. The minimum atomic E-state index is 0.0754. The largest absolute Gasteiger partial charge is 0.493 e. The normalized spacial score (nSPS) is 13.3. The van der Waals surface area contributed by atoms with Crippen molar-refractivity contribution in [1.82, 2.24) is 4.90 Å². The van der Waals surface area contributed by atoms with Gasteiger partial charge in [-0.05, 0) is 47.9 Å². The molecule has 2 aromatic rings. The highest BCUT2D eigenvalue weighted by atomic mass is 35.5. The summed E-state index contributed by atoms with van der Waals surface area (Å²) in [7, 11) is 3.24. The standard InChI is InChI=1S/C19H19Cl2NO3S/c1-24-16-7-12-5-6-22(10-13(12)8-17(16)25-2)19(23)11-26-18-9-14(20)3-4-15(18)21/h3-4,7-9H,5-6,10-11H2,1-2H3. The van der Waals surface area contributed by atoms with E-state index in [1.165, 1.54) is 17.3 Å².